The summed E-state index contributed by atoms with van der Waals surface area (Å²) in [5, 5.41) is 0. The summed E-state index contributed by atoms with van der Waals surface area (Å²) in [6, 6.07) is 3.93. The number of likely N-dealkylation sites (N-methyl/N-ethyl adjacent to an activating group) is 1. The molecule has 1 saturated heterocycles. The van der Waals surface area contributed by atoms with Crippen molar-refractivity contribution >= 4 is 31.7 Å². The Balaban J connectivity index is 1.92. The molecule has 30 heavy (non-hydrogen) atoms. The highest BCUT2D eigenvalue weighted by Crippen LogP contribution is 2.18. The van der Waals surface area contributed by atoms with Crippen LogP contribution in [0.1, 0.15) is 20.3 Å². The van der Waals surface area contributed by atoms with Gasteiger partial charge in [-0.25, -0.2) is 16.8 Å². The van der Waals surface area contributed by atoms with Crippen LogP contribution in [0.4, 0.5) is 0 Å². The fraction of sp³-hybridized carbons (Fsp3) is 0.556. The van der Waals surface area contributed by atoms with Crippen LogP contribution in [0.15, 0.2) is 29.2 Å². The van der Waals surface area contributed by atoms with E-state index in [1.807, 2.05) is 0 Å². The van der Waals surface area contributed by atoms with Crippen molar-refractivity contribution in [3.05, 3.63) is 24.3 Å². The van der Waals surface area contributed by atoms with Gasteiger partial charge in [0.15, 0.2) is 16.4 Å². The van der Waals surface area contributed by atoms with Crippen LogP contribution < -0.4 is 9.46 Å². The lowest BCUT2D eigenvalue weighted by atomic mass is 10.2. The second kappa shape index (κ2) is 9.75. The van der Waals surface area contributed by atoms with E-state index in [9.17, 15) is 26.4 Å². The molecule has 1 heterocycles. The number of hydrogen-bond acceptors (Lipinski definition) is 8. The highest BCUT2D eigenvalue weighted by molar-refractivity contribution is 7.91. The zero-order valence-electron chi connectivity index (χ0n) is 17.0. The van der Waals surface area contributed by atoms with Gasteiger partial charge in [0.25, 0.3) is 5.91 Å². The zero-order valence-corrected chi connectivity index (χ0v) is 18.7. The lowest BCUT2D eigenvalue weighted by molar-refractivity contribution is -0.153. The van der Waals surface area contributed by atoms with Gasteiger partial charge in [0.1, 0.15) is 11.8 Å². The largest absolute Gasteiger partial charge is 0.497 e. The molecule has 0 bridgehead atoms. The first-order chi connectivity index (χ1) is 14.0. The Morgan fingerprint density at radius 2 is 1.90 bits per heavy atom. The molecule has 0 spiro atoms. The van der Waals surface area contributed by atoms with E-state index in [2.05, 4.69) is 4.72 Å². The fourth-order valence-corrected chi connectivity index (χ4v) is 6.03. The third kappa shape index (κ3) is 6.16. The molecular formula is C18H26N2O8S2. The molecule has 0 aromatic heterocycles. The average molecular weight is 463 g/mol. The van der Waals surface area contributed by atoms with E-state index < -0.39 is 50.4 Å². The lowest BCUT2D eigenvalue weighted by Crippen LogP contribution is -2.45. The maximum Gasteiger partial charge on any atom is 0.324 e. The van der Waals surface area contributed by atoms with E-state index >= 15 is 0 Å². The summed E-state index contributed by atoms with van der Waals surface area (Å²) in [4.78, 5) is 25.8. The van der Waals surface area contributed by atoms with Crippen molar-refractivity contribution in [1.29, 1.82) is 0 Å². The molecule has 2 unspecified atom stereocenters. The molecule has 0 saturated carbocycles. The minimum atomic E-state index is -3.98. The molecule has 12 heteroatoms. The van der Waals surface area contributed by atoms with Crippen LogP contribution in [-0.2, 0) is 34.2 Å². The number of amides is 1. The van der Waals surface area contributed by atoms with Crippen LogP contribution in [-0.4, -0.2) is 77.5 Å². The summed E-state index contributed by atoms with van der Waals surface area (Å²) in [7, 11) is -5.70. The molecule has 1 fully saturated rings. The second-order valence-electron chi connectivity index (χ2n) is 6.86. The monoisotopic (exact) mass is 462 g/mol. The Bertz CT molecular complexity index is 974. The number of hydrogen-bond donors (Lipinski definition) is 1. The van der Waals surface area contributed by atoms with E-state index in [0.29, 0.717) is 12.2 Å². The van der Waals surface area contributed by atoms with Gasteiger partial charge >= 0.3 is 5.97 Å². The number of sulfonamides is 1. The minimum absolute atomic E-state index is 0.0193. The molecule has 0 aliphatic carbocycles. The molecule has 2 atom stereocenters. The number of rotatable bonds is 9. The van der Waals surface area contributed by atoms with Gasteiger partial charge in [-0.2, -0.15) is 4.72 Å². The summed E-state index contributed by atoms with van der Waals surface area (Å²) in [6.07, 6.45) is 0.341. The van der Waals surface area contributed by atoms with Crippen molar-refractivity contribution < 1.29 is 35.9 Å². The molecule has 1 N–H and O–H groups in total. The number of nitrogens with zero attached hydrogens (tertiary/aromatic N) is 1. The Hall–Kier alpha value is -2.18. The molecule has 1 amide bonds. The first-order valence-corrected chi connectivity index (χ1v) is 12.6. The molecule has 2 rings (SSSR count). The molecule has 1 aromatic carbocycles. The summed E-state index contributed by atoms with van der Waals surface area (Å²) in [6.45, 7) is 2.68. The normalized spacial score (nSPS) is 19.1. The van der Waals surface area contributed by atoms with Crippen molar-refractivity contribution in [3.63, 3.8) is 0 Å². The van der Waals surface area contributed by atoms with E-state index in [0.717, 1.165) is 0 Å². The lowest BCUT2D eigenvalue weighted by Gasteiger charge is -2.26. The minimum Gasteiger partial charge on any atom is -0.497 e. The van der Waals surface area contributed by atoms with Crippen molar-refractivity contribution in [2.75, 3.05) is 31.8 Å². The molecule has 1 aliphatic rings. The summed E-state index contributed by atoms with van der Waals surface area (Å²) in [5.74, 6) is -1.06. The van der Waals surface area contributed by atoms with E-state index in [1.54, 1.807) is 6.92 Å². The molecule has 0 radical (unpaired) electrons. The van der Waals surface area contributed by atoms with Crippen LogP contribution in [0.3, 0.4) is 0 Å². The van der Waals surface area contributed by atoms with Gasteiger partial charge in [-0.05, 0) is 44.5 Å². The van der Waals surface area contributed by atoms with Gasteiger partial charge in [0.05, 0.1) is 23.5 Å². The van der Waals surface area contributed by atoms with Gasteiger partial charge in [0.2, 0.25) is 10.0 Å². The van der Waals surface area contributed by atoms with Crippen LogP contribution in [0.25, 0.3) is 0 Å². The SMILES string of the molecule is CCN(C(=O)COC(=O)C(C)NS(=O)(=O)c1ccc(OC)cc1)C1CCS(=O)(=O)C1. The van der Waals surface area contributed by atoms with Gasteiger partial charge in [-0.1, -0.05) is 0 Å². The quantitative estimate of drug-likeness (QED) is 0.504. The third-order valence-corrected chi connectivity index (χ3v) is 8.01. The van der Waals surface area contributed by atoms with Gasteiger partial charge in [0, 0.05) is 12.6 Å². The number of methoxy groups -OCH3 is 1. The Morgan fingerprint density at radius 1 is 1.27 bits per heavy atom. The number of ether oxygens (including phenoxy) is 2. The van der Waals surface area contributed by atoms with E-state index in [4.69, 9.17) is 9.47 Å². The predicted octanol–water partition coefficient (Wildman–Crippen LogP) is -0.0592. The highest BCUT2D eigenvalue weighted by Gasteiger charge is 2.34. The average Bonchev–Trinajstić information content (AvgIpc) is 3.05. The maximum absolute atomic E-state index is 12.4. The van der Waals surface area contributed by atoms with Crippen LogP contribution >= 0.6 is 0 Å². The standard InChI is InChI=1S/C18H26N2O8S2/c1-4-20(14-9-10-29(23,24)12-14)17(21)11-28-18(22)13(2)19-30(25,26)16-7-5-15(27-3)6-8-16/h5-8,13-14,19H,4,9-12H2,1-3H3. The Kier molecular flexibility index (Phi) is 7.83. The van der Waals surface area contributed by atoms with Crippen molar-refractivity contribution in [1.82, 2.24) is 9.62 Å². The van der Waals surface area contributed by atoms with Gasteiger partial charge in [-0.3, -0.25) is 9.59 Å². The number of carbonyl (C=O) groups excluding carboxylic acids is 2. The molecule has 1 aromatic rings. The fourth-order valence-electron chi connectivity index (χ4n) is 3.10. The number of sulfone groups is 1. The first-order valence-electron chi connectivity index (χ1n) is 9.32. The number of benzene rings is 1. The van der Waals surface area contributed by atoms with E-state index in [1.165, 1.54) is 43.2 Å². The maximum atomic E-state index is 12.4. The van der Waals surface area contributed by atoms with E-state index in [-0.39, 0.29) is 22.9 Å². The molecule has 10 nitrogen and oxygen atoms in total. The zero-order chi connectivity index (χ0) is 22.5. The summed E-state index contributed by atoms with van der Waals surface area (Å²) >= 11 is 0. The number of esters is 1. The van der Waals surface area contributed by atoms with Crippen LogP contribution in [0, 0.1) is 0 Å². The smallest absolute Gasteiger partial charge is 0.324 e. The molecular weight excluding hydrogens is 436 g/mol. The topological polar surface area (TPSA) is 136 Å². The second-order valence-corrected chi connectivity index (χ2v) is 10.8. The molecule has 1 aliphatic heterocycles. The first kappa shape index (κ1) is 24.1. The molecule has 168 valence electrons. The van der Waals surface area contributed by atoms with Crippen molar-refractivity contribution in [2.24, 2.45) is 0 Å². The summed E-state index contributed by atoms with van der Waals surface area (Å²) in [5.41, 5.74) is 0. The Morgan fingerprint density at radius 3 is 2.40 bits per heavy atom. The number of nitrogens with one attached hydrogen (secondary N) is 1. The van der Waals surface area contributed by atoms with Crippen LogP contribution in [0.5, 0.6) is 5.75 Å². The number of carbonyl (C=O) groups is 2. The van der Waals surface area contributed by atoms with Gasteiger partial charge in [-0.15, -0.1) is 0 Å². The summed E-state index contributed by atoms with van der Waals surface area (Å²) < 4.78 is 60.1. The third-order valence-electron chi connectivity index (χ3n) is 4.70. The van der Waals surface area contributed by atoms with Crippen molar-refractivity contribution in [2.45, 2.75) is 37.2 Å². The Labute approximate surface area is 176 Å². The van der Waals surface area contributed by atoms with Gasteiger partial charge < -0.3 is 14.4 Å². The van der Waals surface area contributed by atoms with Crippen molar-refractivity contribution in [3.8, 4) is 5.75 Å². The predicted molar refractivity (Wildman–Crippen MR) is 108 cm³/mol. The van der Waals surface area contributed by atoms with Crippen LogP contribution in [0.2, 0.25) is 0 Å². The highest BCUT2D eigenvalue weighted by atomic mass is 32.2.